The van der Waals surface area contributed by atoms with Crippen LogP contribution in [0, 0.1) is 6.92 Å². The van der Waals surface area contributed by atoms with Crippen LogP contribution >= 0.6 is 0 Å². The van der Waals surface area contributed by atoms with Crippen LogP contribution in [0.5, 0.6) is 0 Å². The van der Waals surface area contributed by atoms with Gasteiger partial charge in [-0.2, -0.15) is 0 Å². The molecule has 0 aliphatic heterocycles. The number of hydrogen-bond donors (Lipinski definition) is 2. The molecule has 0 radical (unpaired) electrons. The maximum absolute atomic E-state index is 13.4. The molecular formula is C23H23N5O3S. The Morgan fingerprint density at radius 1 is 1.09 bits per heavy atom. The van der Waals surface area contributed by atoms with Crippen LogP contribution in [0.2, 0.25) is 0 Å². The Morgan fingerprint density at radius 3 is 2.56 bits per heavy atom. The molecule has 0 amide bonds. The van der Waals surface area contributed by atoms with Crippen LogP contribution in [0.25, 0.3) is 11.0 Å². The molecule has 164 valence electrons. The van der Waals surface area contributed by atoms with E-state index in [2.05, 4.69) is 14.7 Å². The van der Waals surface area contributed by atoms with Crippen LogP contribution in [0.15, 0.2) is 66.0 Å². The number of hydrogen-bond acceptors (Lipinski definition) is 6. The minimum atomic E-state index is -3.81. The van der Waals surface area contributed by atoms with Gasteiger partial charge >= 0.3 is 0 Å². The molecule has 0 bridgehead atoms. The van der Waals surface area contributed by atoms with Gasteiger partial charge in [0.1, 0.15) is 17.8 Å². The lowest BCUT2D eigenvalue weighted by atomic mass is 10.0. The van der Waals surface area contributed by atoms with Gasteiger partial charge in [0.2, 0.25) is 0 Å². The summed E-state index contributed by atoms with van der Waals surface area (Å²) in [5.74, 6) is -0.0815. The number of nitrogens with one attached hydrogen (secondary N) is 1. The highest BCUT2D eigenvalue weighted by molar-refractivity contribution is 7.92. The molecule has 0 aliphatic carbocycles. The first-order valence-corrected chi connectivity index (χ1v) is 11.5. The Kier molecular flexibility index (Phi) is 5.43. The highest BCUT2D eigenvalue weighted by Gasteiger charge is 2.22. The van der Waals surface area contributed by atoms with Gasteiger partial charge < -0.3 is 10.3 Å². The molecule has 32 heavy (non-hydrogen) atoms. The zero-order chi connectivity index (χ0) is 23.0. The summed E-state index contributed by atoms with van der Waals surface area (Å²) in [5, 5.41) is 0.483. The number of carbonyl (C=O) groups excluding carboxylic acids is 1. The number of rotatable bonds is 6. The van der Waals surface area contributed by atoms with Gasteiger partial charge in [0.25, 0.3) is 10.0 Å². The Morgan fingerprint density at radius 2 is 1.84 bits per heavy atom. The number of aromatic nitrogens is 3. The molecule has 0 spiro atoms. The second-order valence-corrected chi connectivity index (χ2v) is 9.43. The van der Waals surface area contributed by atoms with Crippen LogP contribution in [0.3, 0.4) is 0 Å². The Labute approximate surface area is 186 Å². The van der Waals surface area contributed by atoms with E-state index in [-0.39, 0.29) is 28.2 Å². The summed E-state index contributed by atoms with van der Waals surface area (Å²) in [7, 11) is -3.81. The van der Waals surface area contributed by atoms with Gasteiger partial charge in [-0.25, -0.2) is 18.4 Å². The molecule has 9 heteroatoms. The van der Waals surface area contributed by atoms with Crippen molar-refractivity contribution in [2.75, 3.05) is 10.5 Å². The van der Waals surface area contributed by atoms with Crippen LogP contribution in [0.1, 0.15) is 41.4 Å². The first-order chi connectivity index (χ1) is 15.2. The van der Waals surface area contributed by atoms with Gasteiger partial charge in [0.05, 0.1) is 15.8 Å². The lowest BCUT2D eigenvalue weighted by molar-refractivity contribution is 0.104. The normalized spacial score (nSPS) is 11.8. The van der Waals surface area contributed by atoms with E-state index in [1.165, 1.54) is 18.5 Å². The lowest BCUT2D eigenvalue weighted by Crippen LogP contribution is -2.14. The molecule has 8 nitrogen and oxygen atoms in total. The minimum absolute atomic E-state index is 0.0561. The van der Waals surface area contributed by atoms with Crippen LogP contribution in [0.4, 0.5) is 11.5 Å². The fraction of sp³-hybridized carbons (Fsp3) is 0.174. The van der Waals surface area contributed by atoms with Gasteiger partial charge in [-0.05, 0) is 44.5 Å². The molecular weight excluding hydrogens is 426 g/mol. The number of sulfonamides is 1. The average molecular weight is 450 g/mol. The number of nitrogens with two attached hydrogens (primary N) is 1. The number of benzene rings is 2. The van der Waals surface area contributed by atoms with E-state index in [1.54, 1.807) is 49.5 Å². The second kappa shape index (κ2) is 8.08. The maximum Gasteiger partial charge on any atom is 0.262 e. The van der Waals surface area contributed by atoms with Crippen molar-refractivity contribution >= 4 is 38.3 Å². The minimum Gasteiger partial charge on any atom is -0.383 e. The van der Waals surface area contributed by atoms with E-state index < -0.39 is 10.0 Å². The van der Waals surface area contributed by atoms with Crippen molar-refractivity contribution in [1.82, 2.24) is 14.5 Å². The molecule has 0 saturated carbocycles. The third-order valence-electron chi connectivity index (χ3n) is 5.20. The summed E-state index contributed by atoms with van der Waals surface area (Å²) in [6.45, 7) is 5.69. The summed E-state index contributed by atoms with van der Waals surface area (Å²) in [6, 6.07) is 13.1. The average Bonchev–Trinajstić information content (AvgIpc) is 3.14. The fourth-order valence-electron chi connectivity index (χ4n) is 3.62. The van der Waals surface area contributed by atoms with E-state index in [1.807, 2.05) is 18.4 Å². The quantitative estimate of drug-likeness (QED) is 0.430. The summed E-state index contributed by atoms with van der Waals surface area (Å²) >= 11 is 0. The smallest absolute Gasteiger partial charge is 0.262 e. The zero-order valence-electron chi connectivity index (χ0n) is 17.9. The van der Waals surface area contributed by atoms with Crippen molar-refractivity contribution in [2.45, 2.75) is 31.7 Å². The van der Waals surface area contributed by atoms with Crippen molar-refractivity contribution in [2.24, 2.45) is 0 Å². The highest BCUT2D eigenvalue weighted by Crippen LogP contribution is 2.29. The Hall–Kier alpha value is -3.72. The van der Waals surface area contributed by atoms with E-state index in [0.717, 1.165) is 0 Å². The molecule has 0 saturated heterocycles. The van der Waals surface area contributed by atoms with Crippen LogP contribution in [-0.4, -0.2) is 28.7 Å². The monoisotopic (exact) mass is 449 g/mol. The number of nitrogens with zero attached hydrogens (tertiary/aromatic N) is 3. The SMILES string of the molecule is Cc1ccccc1S(=O)(=O)Nc1cccc(C(=O)c2cn(C(C)C)c3ncnc(N)c23)c1. The Balaban J connectivity index is 1.74. The molecule has 0 unspecified atom stereocenters. The summed E-state index contributed by atoms with van der Waals surface area (Å²) in [6.07, 6.45) is 3.08. The van der Waals surface area contributed by atoms with Crippen molar-refractivity contribution in [3.63, 3.8) is 0 Å². The van der Waals surface area contributed by atoms with Crippen LogP contribution in [-0.2, 0) is 10.0 Å². The number of nitrogen functional groups attached to an aromatic ring is 1. The standard InChI is InChI=1S/C23H23N5O3S/c1-14(2)28-12-18(20-22(24)25-13-26-23(20)28)21(29)16-8-6-9-17(11-16)27-32(30,31)19-10-5-4-7-15(19)3/h4-14,27H,1-3H3,(H2,24,25,26). The van der Waals surface area contributed by atoms with Crippen molar-refractivity contribution < 1.29 is 13.2 Å². The third-order valence-corrected chi connectivity index (χ3v) is 6.74. The lowest BCUT2D eigenvalue weighted by Gasteiger charge is -2.11. The highest BCUT2D eigenvalue weighted by atomic mass is 32.2. The third kappa shape index (κ3) is 3.82. The van der Waals surface area contributed by atoms with Gasteiger partial charge in [-0.3, -0.25) is 9.52 Å². The van der Waals surface area contributed by atoms with E-state index in [9.17, 15) is 13.2 Å². The number of anilines is 2. The molecule has 4 aromatic rings. The molecule has 2 heterocycles. The van der Waals surface area contributed by atoms with E-state index >= 15 is 0 Å². The molecule has 3 N–H and O–H groups in total. The van der Waals surface area contributed by atoms with Gasteiger partial charge in [0, 0.05) is 23.5 Å². The van der Waals surface area contributed by atoms with Gasteiger partial charge in [-0.15, -0.1) is 0 Å². The van der Waals surface area contributed by atoms with Crippen molar-refractivity contribution in [3.8, 4) is 0 Å². The second-order valence-electron chi connectivity index (χ2n) is 7.78. The summed E-state index contributed by atoms with van der Waals surface area (Å²) in [5.41, 5.74) is 8.25. The predicted octanol–water partition coefficient (Wildman–Crippen LogP) is 3.93. The van der Waals surface area contributed by atoms with E-state index in [4.69, 9.17) is 5.73 Å². The maximum atomic E-state index is 13.4. The number of ketones is 1. The molecule has 0 aliphatic rings. The predicted molar refractivity (Wildman–Crippen MR) is 124 cm³/mol. The number of carbonyl (C=O) groups is 1. The van der Waals surface area contributed by atoms with Crippen molar-refractivity contribution in [1.29, 1.82) is 0 Å². The fourth-order valence-corrected chi connectivity index (χ4v) is 4.92. The number of aryl methyl sites for hydroxylation is 1. The molecule has 2 aromatic heterocycles. The first-order valence-electron chi connectivity index (χ1n) is 10.0. The van der Waals surface area contributed by atoms with E-state index in [0.29, 0.717) is 27.7 Å². The van der Waals surface area contributed by atoms with Crippen LogP contribution < -0.4 is 10.5 Å². The number of fused-ring (bicyclic) bond motifs is 1. The summed E-state index contributed by atoms with van der Waals surface area (Å²) < 4.78 is 30.1. The van der Waals surface area contributed by atoms with Gasteiger partial charge in [0.15, 0.2) is 5.78 Å². The zero-order valence-corrected chi connectivity index (χ0v) is 18.7. The van der Waals surface area contributed by atoms with Crippen molar-refractivity contribution in [3.05, 3.63) is 77.7 Å². The summed E-state index contributed by atoms with van der Waals surface area (Å²) in [4.78, 5) is 21.9. The Bertz CT molecular complexity index is 1440. The largest absolute Gasteiger partial charge is 0.383 e. The first kappa shape index (κ1) is 21.5. The van der Waals surface area contributed by atoms with Gasteiger partial charge in [-0.1, -0.05) is 30.3 Å². The molecule has 0 atom stereocenters. The molecule has 0 fully saturated rings. The molecule has 4 rings (SSSR count). The topological polar surface area (TPSA) is 120 Å². The molecule has 2 aromatic carbocycles.